The van der Waals surface area contributed by atoms with Crippen LogP contribution in [0.15, 0.2) is 59.6 Å². The summed E-state index contributed by atoms with van der Waals surface area (Å²) in [6.45, 7) is 7.36. The van der Waals surface area contributed by atoms with Crippen molar-refractivity contribution in [1.29, 1.82) is 0 Å². The van der Waals surface area contributed by atoms with E-state index in [1.165, 1.54) is 5.56 Å². The van der Waals surface area contributed by atoms with Gasteiger partial charge in [-0.2, -0.15) is 0 Å². The van der Waals surface area contributed by atoms with Crippen molar-refractivity contribution >= 4 is 34.0 Å². The van der Waals surface area contributed by atoms with Gasteiger partial charge in [0.05, 0.1) is 11.6 Å². The fourth-order valence-corrected chi connectivity index (χ4v) is 4.28. The molecule has 4 heteroatoms. The minimum absolute atomic E-state index is 0.255. The summed E-state index contributed by atoms with van der Waals surface area (Å²) < 4.78 is 6.67. The first-order valence-electron chi connectivity index (χ1n) is 9.47. The number of para-hydroxylation sites is 1. The third kappa shape index (κ3) is 2.13. The monoisotopic (exact) mass is 357 g/mol. The Labute approximate surface area is 159 Å². The smallest absolute Gasteiger partial charge is 0.226 e. The second-order valence-corrected chi connectivity index (χ2v) is 7.74. The molecule has 136 valence electrons. The molecule has 1 spiro atoms. The third-order valence-electron chi connectivity index (χ3n) is 5.84. The van der Waals surface area contributed by atoms with E-state index >= 15 is 0 Å². The van der Waals surface area contributed by atoms with Crippen molar-refractivity contribution < 1.29 is 4.74 Å². The molecule has 0 aliphatic carbocycles. The van der Waals surface area contributed by atoms with E-state index in [0.717, 1.165) is 40.1 Å². The highest BCUT2D eigenvalue weighted by Gasteiger charge is 2.55. The molecule has 0 amide bonds. The van der Waals surface area contributed by atoms with Crippen LogP contribution in [0.3, 0.4) is 0 Å². The number of fused-ring (bicyclic) bond motifs is 4. The summed E-state index contributed by atoms with van der Waals surface area (Å²) in [6.07, 6.45) is 1.94. The van der Waals surface area contributed by atoms with Crippen LogP contribution >= 0.6 is 0 Å². The number of anilines is 2. The zero-order valence-electron chi connectivity index (χ0n) is 15.8. The molecule has 0 saturated heterocycles. The molecule has 1 atom stereocenters. The van der Waals surface area contributed by atoms with Crippen LogP contribution < -0.4 is 15.4 Å². The molecule has 2 aliphatic heterocycles. The van der Waals surface area contributed by atoms with E-state index in [4.69, 9.17) is 9.73 Å². The second kappa shape index (κ2) is 5.49. The molecule has 0 bridgehead atoms. The van der Waals surface area contributed by atoms with Crippen LogP contribution in [0.2, 0.25) is 0 Å². The van der Waals surface area contributed by atoms with Gasteiger partial charge < -0.3 is 15.4 Å². The lowest BCUT2D eigenvalue weighted by atomic mass is 9.78. The van der Waals surface area contributed by atoms with Gasteiger partial charge >= 0.3 is 0 Å². The van der Waals surface area contributed by atoms with Crippen molar-refractivity contribution in [3.05, 3.63) is 60.2 Å². The molecule has 0 saturated carbocycles. The molecule has 3 aromatic carbocycles. The standard InChI is InChI=1S/C23H23N3O/c1-4-24-19-13-20-21(16-10-6-5-9-15(16)19)25-14-23(27-20)22(2,3)17-11-7-8-12-18(17)26-23/h5-14,24,26H,4H2,1-3H3. The molecule has 0 fully saturated rings. The molecule has 27 heavy (non-hydrogen) atoms. The maximum atomic E-state index is 6.67. The van der Waals surface area contributed by atoms with E-state index < -0.39 is 5.72 Å². The van der Waals surface area contributed by atoms with Gasteiger partial charge in [0.1, 0.15) is 5.69 Å². The van der Waals surface area contributed by atoms with Gasteiger partial charge in [0.15, 0.2) is 5.75 Å². The molecular formula is C23H23N3O. The number of rotatable bonds is 2. The summed E-state index contributed by atoms with van der Waals surface area (Å²) >= 11 is 0. The van der Waals surface area contributed by atoms with E-state index in [9.17, 15) is 0 Å². The van der Waals surface area contributed by atoms with Gasteiger partial charge in [0.25, 0.3) is 0 Å². The van der Waals surface area contributed by atoms with Crippen LogP contribution in [0.1, 0.15) is 26.3 Å². The van der Waals surface area contributed by atoms with Crippen LogP contribution in [0.25, 0.3) is 10.8 Å². The van der Waals surface area contributed by atoms with Gasteiger partial charge in [-0.3, -0.25) is 4.99 Å². The zero-order chi connectivity index (χ0) is 18.6. The van der Waals surface area contributed by atoms with Crippen LogP contribution in [0.5, 0.6) is 5.75 Å². The highest BCUT2D eigenvalue weighted by molar-refractivity contribution is 6.05. The Morgan fingerprint density at radius 3 is 2.56 bits per heavy atom. The maximum absolute atomic E-state index is 6.67. The molecule has 2 aliphatic rings. The van der Waals surface area contributed by atoms with Gasteiger partial charge in [-0.05, 0) is 32.4 Å². The average molecular weight is 357 g/mol. The number of hydrogen-bond donors (Lipinski definition) is 2. The Bertz CT molecular complexity index is 1090. The van der Waals surface area contributed by atoms with Gasteiger partial charge in [-0.25, -0.2) is 0 Å². The first-order chi connectivity index (χ1) is 13.1. The van der Waals surface area contributed by atoms with E-state index in [1.807, 2.05) is 18.3 Å². The van der Waals surface area contributed by atoms with E-state index in [1.54, 1.807) is 0 Å². The van der Waals surface area contributed by atoms with Crippen molar-refractivity contribution in [2.24, 2.45) is 4.99 Å². The minimum Gasteiger partial charge on any atom is -0.460 e. The van der Waals surface area contributed by atoms with Crippen LogP contribution in [0.4, 0.5) is 17.1 Å². The summed E-state index contributed by atoms with van der Waals surface area (Å²) in [6, 6.07) is 18.8. The zero-order valence-corrected chi connectivity index (χ0v) is 15.8. The summed E-state index contributed by atoms with van der Waals surface area (Å²) in [7, 11) is 0. The summed E-state index contributed by atoms with van der Waals surface area (Å²) in [4.78, 5) is 4.90. The second-order valence-electron chi connectivity index (χ2n) is 7.74. The Morgan fingerprint density at radius 2 is 1.78 bits per heavy atom. The lowest BCUT2D eigenvalue weighted by molar-refractivity contribution is 0.107. The van der Waals surface area contributed by atoms with Gasteiger partial charge in [-0.15, -0.1) is 0 Å². The summed E-state index contributed by atoms with van der Waals surface area (Å²) in [5.74, 6) is 0.806. The van der Waals surface area contributed by atoms with Crippen molar-refractivity contribution in [3.8, 4) is 5.75 Å². The quantitative estimate of drug-likeness (QED) is 0.639. The van der Waals surface area contributed by atoms with Gasteiger partial charge in [-0.1, -0.05) is 42.5 Å². The Kier molecular flexibility index (Phi) is 3.29. The number of aliphatic imine (C=N–C) groups is 1. The lowest BCUT2D eigenvalue weighted by Crippen LogP contribution is -2.56. The average Bonchev–Trinajstić information content (AvgIpc) is 2.89. The van der Waals surface area contributed by atoms with E-state index in [2.05, 4.69) is 73.9 Å². The van der Waals surface area contributed by atoms with Crippen molar-refractivity contribution in [2.45, 2.75) is 31.9 Å². The third-order valence-corrected chi connectivity index (χ3v) is 5.84. The summed E-state index contributed by atoms with van der Waals surface area (Å²) in [5, 5.41) is 9.32. The topological polar surface area (TPSA) is 45.7 Å². The number of nitrogens with one attached hydrogen (secondary N) is 2. The molecule has 1 unspecified atom stereocenters. The molecule has 4 nitrogen and oxygen atoms in total. The molecule has 3 aromatic rings. The van der Waals surface area contributed by atoms with Gasteiger partial charge in [0.2, 0.25) is 5.72 Å². The molecular weight excluding hydrogens is 334 g/mol. The van der Waals surface area contributed by atoms with Crippen molar-refractivity contribution in [2.75, 3.05) is 17.2 Å². The predicted octanol–water partition coefficient (Wildman–Crippen LogP) is 5.47. The number of benzene rings is 3. The largest absolute Gasteiger partial charge is 0.460 e. The number of ether oxygens (including phenoxy) is 1. The SMILES string of the molecule is CCNc1cc2c(c3ccccc13)N=CC1(Nc3ccccc3C1(C)C)O2. The van der Waals surface area contributed by atoms with Crippen LogP contribution in [0, 0.1) is 0 Å². The molecule has 0 radical (unpaired) electrons. The normalized spacial score (nSPS) is 21.4. The number of hydrogen-bond acceptors (Lipinski definition) is 4. The minimum atomic E-state index is -0.699. The predicted molar refractivity (Wildman–Crippen MR) is 113 cm³/mol. The molecule has 2 heterocycles. The fraction of sp³-hybridized carbons (Fsp3) is 0.261. The summed E-state index contributed by atoms with van der Waals surface area (Å²) in [5.41, 5.74) is 3.36. The Balaban J connectivity index is 1.69. The van der Waals surface area contributed by atoms with Gasteiger partial charge in [0, 0.05) is 34.8 Å². The fourth-order valence-electron chi connectivity index (χ4n) is 4.28. The van der Waals surface area contributed by atoms with E-state index in [0.29, 0.717) is 0 Å². The maximum Gasteiger partial charge on any atom is 0.226 e. The Hall–Kier alpha value is -3.01. The first-order valence-corrected chi connectivity index (χ1v) is 9.47. The lowest BCUT2D eigenvalue weighted by Gasteiger charge is -2.41. The molecule has 0 aromatic heterocycles. The first kappa shape index (κ1) is 16.2. The van der Waals surface area contributed by atoms with Crippen LogP contribution in [-0.4, -0.2) is 18.5 Å². The number of nitrogens with zero attached hydrogens (tertiary/aromatic N) is 1. The highest BCUT2D eigenvalue weighted by atomic mass is 16.5. The molecule has 5 rings (SSSR count). The van der Waals surface area contributed by atoms with Crippen LogP contribution in [-0.2, 0) is 5.41 Å². The van der Waals surface area contributed by atoms with Crippen molar-refractivity contribution in [3.63, 3.8) is 0 Å². The highest BCUT2D eigenvalue weighted by Crippen LogP contribution is 2.52. The van der Waals surface area contributed by atoms with E-state index in [-0.39, 0.29) is 5.41 Å². The molecule has 2 N–H and O–H groups in total. The van der Waals surface area contributed by atoms with Crippen molar-refractivity contribution in [1.82, 2.24) is 0 Å². The Morgan fingerprint density at radius 1 is 1.04 bits per heavy atom.